The van der Waals surface area contributed by atoms with Gasteiger partial charge < -0.3 is 15.1 Å². The maximum Gasteiger partial charge on any atom is 0.287 e. The molecule has 4 rings (SSSR count). The van der Waals surface area contributed by atoms with Crippen molar-refractivity contribution in [3.63, 3.8) is 0 Å². The predicted octanol–water partition coefficient (Wildman–Crippen LogP) is 4.60. The molecule has 0 aliphatic heterocycles. The minimum atomic E-state index is -1.06. The van der Waals surface area contributed by atoms with Crippen LogP contribution in [0.4, 0.5) is 10.1 Å². The minimum Gasteiger partial charge on any atom is -0.459 e. The van der Waals surface area contributed by atoms with Gasteiger partial charge in [-0.3, -0.25) is 19.3 Å². The first-order valence-corrected chi connectivity index (χ1v) is 12.1. The van der Waals surface area contributed by atoms with Gasteiger partial charge in [-0.25, -0.2) is 4.39 Å². The molecule has 0 radical (unpaired) electrons. The van der Waals surface area contributed by atoms with Crippen molar-refractivity contribution in [2.45, 2.75) is 51.6 Å². The van der Waals surface area contributed by atoms with Crippen LogP contribution >= 0.6 is 0 Å². The molecule has 1 atom stereocenters. The van der Waals surface area contributed by atoms with Crippen LogP contribution in [0, 0.1) is 19.7 Å². The highest BCUT2D eigenvalue weighted by Gasteiger charge is 2.35. The zero-order valence-electron chi connectivity index (χ0n) is 20.4. The van der Waals surface area contributed by atoms with Gasteiger partial charge in [0.25, 0.3) is 5.91 Å². The van der Waals surface area contributed by atoms with E-state index in [0.717, 1.165) is 36.8 Å². The summed E-state index contributed by atoms with van der Waals surface area (Å²) >= 11 is 0. The van der Waals surface area contributed by atoms with E-state index < -0.39 is 23.7 Å². The van der Waals surface area contributed by atoms with E-state index in [1.165, 1.54) is 41.5 Å². The number of nitrogens with one attached hydrogen (secondary N) is 2. The third-order valence-corrected chi connectivity index (χ3v) is 6.64. The Morgan fingerprint density at radius 2 is 1.75 bits per heavy atom. The molecule has 1 aromatic heterocycles. The number of hydrogen-bond acceptors (Lipinski definition) is 4. The van der Waals surface area contributed by atoms with E-state index in [1.54, 1.807) is 12.1 Å². The standard InChI is InChI=1S/C28H30FN3O4/c1-18-7-5-10-23(19(18)2)32(25(33)17-30-27(34)24-11-6-16-36-24)26(20-12-14-21(29)15-13-20)28(35)31-22-8-3-4-9-22/h5-7,10-16,22,26H,3-4,8-9,17H2,1-2H3,(H,30,34)(H,31,35). The number of carbonyl (C=O) groups is 3. The van der Waals surface area contributed by atoms with Gasteiger partial charge in [0, 0.05) is 11.7 Å². The summed E-state index contributed by atoms with van der Waals surface area (Å²) in [5.74, 6) is -1.73. The van der Waals surface area contributed by atoms with Gasteiger partial charge in [0.2, 0.25) is 11.8 Å². The lowest BCUT2D eigenvalue weighted by molar-refractivity contribution is -0.126. The lowest BCUT2D eigenvalue weighted by Gasteiger charge is -2.33. The molecule has 2 aromatic carbocycles. The van der Waals surface area contributed by atoms with Gasteiger partial charge in [0.1, 0.15) is 11.9 Å². The van der Waals surface area contributed by atoms with Crippen molar-refractivity contribution in [1.29, 1.82) is 0 Å². The number of benzene rings is 2. The minimum absolute atomic E-state index is 0.0228. The van der Waals surface area contributed by atoms with E-state index in [9.17, 15) is 18.8 Å². The second-order valence-corrected chi connectivity index (χ2v) is 9.09. The monoisotopic (exact) mass is 491 g/mol. The van der Waals surface area contributed by atoms with Crippen LogP contribution in [-0.4, -0.2) is 30.3 Å². The number of hydrogen-bond donors (Lipinski definition) is 2. The van der Waals surface area contributed by atoms with Gasteiger partial charge >= 0.3 is 0 Å². The first-order chi connectivity index (χ1) is 17.3. The van der Waals surface area contributed by atoms with E-state index in [-0.39, 0.29) is 24.3 Å². The first kappa shape index (κ1) is 25.2. The Bertz CT molecular complexity index is 1220. The quantitative estimate of drug-likeness (QED) is 0.482. The number of aryl methyl sites for hydroxylation is 1. The van der Waals surface area contributed by atoms with Crippen molar-refractivity contribution in [2.24, 2.45) is 0 Å². The van der Waals surface area contributed by atoms with Crippen molar-refractivity contribution in [1.82, 2.24) is 10.6 Å². The Kier molecular flexibility index (Phi) is 7.83. The molecule has 1 fully saturated rings. The van der Waals surface area contributed by atoms with E-state index in [2.05, 4.69) is 10.6 Å². The van der Waals surface area contributed by atoms with Crippen molar-refractivity contribution in [3.05, 3.63) is 89.1 Å². The molecule has 7 nitrogen and oxygen atoms in total. The molecule has 1 heterocycles. The van der Waals surface area contributed by atoms with Gasteiger partial charge in [-0.1, -0.05) is 37.1 Å². The van der Waals surface area contributed by atoms with Crippen LogP contribution in [0.25, 0.3) is 0 Å². The summed E-state index contributed by atoms with van der Waals surface area (Å²) in [5, 5.41) is 5.67. The van der Waals surface area contributed by atoms with E-state index >= 15 is 0 Å². The number of carbonyl (C=O) groups excluding carboxylic acids is 3. The third-order valence-electron chi connectivity index (χ3n) is 6.64. The summed E-state index contributed by atoms with van der Waals surface area (Å²) < 4.78 is 18.9. The number of nitrogens with zero attached hydrogens (tertiary/aromatic N) is 1. The Balaban J connectivity index is 1.72. The third kappa shape index (κ3) is 5.64. The molecular formula is C28H30FN3O4. The predicted molar refractivity (Wildman–Crippen MR) is 134 cm³/mol. The van der Waals surface area contributed by atoms with Crippen LogP contribution < -0.4 is 15.5 Å². The number of furan rings is 1. The second kappa shape index (κ2) is 11.2. The van der Waals surface area contributed by atoms with Gasteiger partial charge in [0.15, 0.2) is 5.76 Å². The molecule has 0 bridgehead atoms. The largest absolute Gasteiger partial charge is 0.459 e. The van der Waals surface area contributed by atoms with Gasteiger partial charge in [-0.15, -0.1) is 0 Å². The molecule has 3 amide bonds. The molecule has 1 saturated carbocycles. The van der Waals surface area contributed by atoms with Gasteiger partial charge in [0.05, 0.1) is 12.8 Å². The highest BCUT2D eigenvalue weighted by atomic mass is 19.1. The molecule has 36 heavy (non-hydrogen) atoms. The van der Waals surface area contributed by atoms with Crippen molar-refractivity contribution >= 4 is 23.4 Å². The Morgan fingerprint density at radius 1 is 1.03 bits per heavy atom. The molecule has 0 spiro atoms. The molecule has 0 saturated heterocycles. The van der Waals surface area contributed by atoms with Crippen molar-refractivity contribution in [3.8, 4) is 0 Å². The zero-order chi connectivity index (χ0) is 25.7. The highest BCUT2D eigenvalue weighted by molar-refractivity contribution is 6.04. The Hall–Kier alpha value is -3.94. The van der Waals surface area contributed by atoms with Crippen LogP contribution in [0.2, 0.25) is 0 Å². The van der Waals surface area contributed by atoms with Gasteiger partial charge in [-0.2, -0.15) is 0 Å². The van der Waals surface area contributed by atoms with E-state index in [0.29, 0.717) is 11.3 Å². The highest BCUT2D eigenvalue weighted by Crippen LogP contribution is 2.32. The van der Waals surface area contributed by atoms with Gasteiger partial charge in [-0.05, 0) is 73.7 Å². The Morgan fingerprint density at radius 3 is 2.42 bits per heavy atom. The summed E-state index contributed by atoms with van der Waals surface area (Å²) in [4.78, 5) is 41.3. The fraction of sp³-hybridized carbons (Fsp3) is 0.321. The lowest BCUT2D eigenvalue weighted by atomic mass is 9.99. The van der Waals surface area contributed by atoms with Crippen LogP contribution in [0.15, 0.2) is 65.3 Å². The zero-order valence-corrected chi connectivity index (χ0v) is 20.4. The normalized spacial score (nSPS) is 14.3. The number of amides is 3. The summed E-state index contributed by atoms with van der Waals surface area (Å²) in [5.41, 5.74) is 2.78. The molecule has 188 valence electrons. The lowest BCUT2D eigenvalue weighted by Crippen LogP contribution is -2.49. The van der Waals surface area contributed by atoms with E-state index in [1.807, 2.05) is 26.0 Å². The molecule has 1 aliphatic carbocycles. The summed E-state index contributed by atoms with van der Waals surface area (Å²) in [6.07, 6.45) is 5.18. The SMILES string of the molecule is Cc1cccc(N(C(=O)CNC(=O)c2ccco2)C(C(=O)NC2CCCC2)c2ccc(F)cc2)c1C. The maximum atomic E-state index is 13.8. The number of rotatable bonds is 8. The molecule has 1 unspecified atom stereocenters. The second-order valence-electron chi connectivity index (χ2n) is 9.09. The van der Waals surface area contributed by atoms with Crippen LogP contribution in [0.1, 0.15) is 59.0 Å². The summed E-state index contributed by atoms with van der Waals surface area (Å²) in [6, 6.07) is 13.1. The Labute approximate surface area is 209 Å². The summed E-state index contributed by atoms with van der Waals surface area (Å²) in [7, 11) is 0. The van der Waals surface area contributed by atoms with Crippen LogP contribution in [-0.2, 0) is 9.59 Å². The van der Waals surface area contributed by atoms with Crippen LogP contribution in [0.3, 0.4) is 0 Å². The average molecular weight is 492 g/mol. The topological polar surface area (TPSA) is 91.7 Å². The summed E-state index contributed by atoms with van der Waals surface area (Å²) in [6.45, 7) is 3.44. The fourth-order valence-corrected chi connectivity index (χ4v) is 4.56. The molecule has 3 aromatic rings. The number of halogens is 1. The smallest absolute Gasteiger partial charge is 0.287 e. The maximum absolute atomic E-state index is 13.8. The first-order valence-electron chi connectivity index (χ1n) is 12.1. The molecule has 8 heteroatoms. The van der Waals surface area contributed by atoms with E-state index in [4.69, 9.17) is 4.42 Å². The number of anilines is 1. The fourth-order valence-electron chi connectivity index (χ4n) is 4.56. The van der Waals surface area contributed by atoms with Crippen LogP contribution in [0.5, 0.6) is 0 Å². The van der Waals surface area contributed by atoms with Crippen molar-refractivity contribution in [2.75, 3.05) is 11.4 Å². The molecule has 2 N–H and O–H groups in total. The average Bonchev–Trinajstić information content (AvgIpc) is 3.58. The van der Waals surface area contributed by atoms with Crippen molar-refractivity contribution < 1.29 is 23.2 Å². The molecule has 1 aliphatic rings. The molecular weight excluding hydrogens is 461 g/mol.